The van der Waals surface area contributed by atoms with E-state index in [4.69, 9.17) is 4.74 Å². The van der Waals surface area contributed by atoms with Crippen molar-refractivity contribution in [2.24, 2.45) is 4.99 Å². The molecule has 7 heteroatoms. The van der Waals surface area contributed by atoms with E-state index in [1.807, 2.05) is 74.6 Å². The van der Waals surface area contributed by atoms with Crippen molar-refractivity contribution in [1.82, 2.24) is 15.2 Å². The Morgan fingerprint density at radius 2 is 1.86 bits per heavy atom. The molecule has 1 fully saturated rings. The van der Waals surface area contributed by atoms with Gasteiger partial charge in [0.25, 0.3) is 0 Å². The summed E-state index contributed by atoms with van der Waals surface area (Å²) in [6.07, 6.45) is 2.24. The van der Waals surface area contributed by atoms with Gasteiger partial charge in [-0.15, -0.1) is 24.0 Å². The Balaban J connectivity index is 0.00000280. The number of ether oxygens (including phenoxy) is 1. The molecule has 1 saturated heterocycles. The van der Waals surface area contributed by atoms with Crippen LogP contribution in [0.2, 0.25) is 0 Å². The average Bonchev–Trinajstić information content (AvgIpc) is 2.70. The van der Waals surface area contributed by atoms with Crippen LogP contribution in [0.5, 0.6) is 5.75 Å². The molecule has 0 saturated carbocycles. The van der Waals surface area contributed by atoms with Gasteiger partial charge in [-0.2, -0.15) is 0 Å². The van der Waals surface area contributed by atoms with E-state index >= 15 is 0 Å². The van der Waals surface area contributed by atoms with E-state index in [1.165, 1.54) is 0 Å². The van der Waals surface area contributed by atoms with Crippen LogP contribution in [-0.2, 0) is 6.54 Å². The molecule has 0 aliphatic carbocycles. The fourth-order valence-corrected chi connectivity index (χ4v) is 3.19. The van der Waals surface area contributed by atoms with E-state index in [1.54, 1.807) is 0 Å². The molecule has 28 heavy (non-hydrogen) atoms. The van der Waals surface area contributed by atoms with Crippen molar-refractivity contribution in [1.29, 1.82) is 0 Å². The number of nitrogens with zero attached hydrogens (tertiary/aromatic N) is 4. The SMILES string of the molecule is CN=C(NCc1cccc(N(C)C)n1)N1CCC(Oc2ccccc2)CC1.I. The summed E-state index contributed by atoms with van der Waals surface area (Å²) >= 11 is 0. The van der Waals surface area contributed by atoms with Gasteiger partial charge in [0.2, 0.25) is 0 Å². The van der Waals surface area contributed by atoms with Gasteiger partial charge in [-0.3, -0.25) is 4.99 Å². The zero-order chi connectivity index (χ0) is 19.1. The van der Waals surface area contributed by atoms with Gasteiger partial charge in [-0.25, -0.2) is 4.98 Å². The number of halogens is 1. The minimum absolute atomic E-state index is 0. The predicted molar refractivity (Wildman–Crippen MR) is 126 cm³/mol. The summed E-state index contributed by atoms with van der Waals surface area (Å²) in [6.45, 7) is 2.53. The van der Waals surface area contributed by atoms with Crippen molar-refractivity contribution in [3.05, 3.63) is 54.2 Å². The number of nitrogens with one attached hydrogen (secondary N) is 1. The van der Waals surface area contributed by atoms with Crippen molar-refractivity contribution in [2.75, 3.05) is 39.1 Å². The Kier molecular flexibility index (Phi) is 8.82. The summed E-state index contributed by atoms with van der Waals surface area (Å²) in [6, 6.07) is 16.1. The van der Waals surface area contributed by atoms with Gasteiger partial charge in [0, 0.05) is 47.1 Å². The molecule has 0 amide bonds. The highest BCUT2D eigenvalue weighted by Gasteiger charge is 2.22. The number of benzene rings is 1. The molecule has 2 heterocycles. The zero-order valence-corrected chi connectivity index (χ0v) is 19.2. The number of hydrogen-bond donors (Lipinski definition) is 1. The minimum Gasteiger partial charge on any atom is -0.490 e. The van der Waals surface area contributed by atoms with Gasteiger partial charge >= 0.3 is 0 Å². The number of aromatic nitrogens is 1. The number of anilines is 1. The van der Waals surface area contributed by atoms with Crippen molar-refractivity contribution in [3.63, 3.8) is 0 Å². The second-order valence-corrected chi connectivity index (χ2v) is 6.90. The zero-order valence-electron chi connectivity index (χ0n) is 16.8. The lowest BCUT2D eigenvalue weighted by Crippen LogP contribution is -2.47. The summed E-state index contributed by atoms with van der Waals surface area (Å²) in [5.41, 5.74) is 1.00. The lowest BCUT2D eigenvalue weighted by atomic mass is 10.1. The summed E-state index contributed by atoms with van der Waals surface area (Å²) < 4.78 is 6.08. The third-order valence-corrected chi connectivity index (χ3v) is 4.68. The number of aliphatic imine (C=N–C) groups is 1. The Labute approximate surface area is 185 Å². The summed E-state index contributed by atoms with van der Waals surface area (Å²) in [5.74, 6) is 2.83. The molecular weight excluding hydrogens is 465 g/mol. The van der Waals surface area contributed by atoms with Crippen LogP contribution in [0.25, 0.3) is 0 Å². The second-order valence-electron chi connectivity index (χ2n) is 6.90. The molecular formula is C21H30IN5O. The smallest absolute Gasteiger partial charge is 0.193 e. The van der Waals surface area contributed by atoms with Crippen LogP contribution in [0, 0.1) is 0 Å². The highest BCUT2D eigenvalue weighted by molar-refractivity contribution is 14.0. The highest BCUT2D eigenvalue weighted by Crippen LogP contribution is 2.18. The molecule has 1 aromatic carbocycles. The quantitative estimate of drug-likeness (QED) is 0.392. The summed E-state index contributed by atoms with van der Waals surface area (Å²) in [5, 5.41) is 3.44. The van der Waals surface area contributed by atoms with E-state index in [0.29, 0.717) is 6.54 Å². The molecule has 0 radical (unpaired) electrons. The van der Waals surface area contributed by atoms with Crippen LogP contribution >= 0.6 is 24.0 Å². The Morgan fingerprint density at radius 1 is 1.14 bits per heavy atom. The van der Waals surface area contributed by atoms with E-state index in [2.05, 4.69) is 20.2 Å². The summed E-state index contributed by atoms with van der Waals surface area (Å²) in [4.78, 5) is 13.4. The maximum absolute atomic E-state index is 6.08. The third kappa shape index (κ3) is 6.25. The molecule has 1 N–H and O–H groups in total. The van der Waals surface area contributed by atoms with Gasteiger partial charge in [0.05, 0.1) is 12.2 Å². The fourth-order valence-electron chi connectivity index (χ4n) is 3.19. The van der Waals surface area contributed by atoms with Crippen molar-refractivity contribution >= 4 is 35.8 Å². The molecule has 0 unspecified atom stereocenters. The Bertz CT molecular complexity index is 745. The van der Waals surface area contributed by atoms with E-state index in [9.17, 15) is 0 Å². The number of piperidine rings is 1. The number of likely N-dealkylation sites (tertiary alicyclic amines) is 1. The topological polar surface area (TPSA) is 53.0 Å². The lowest BCUT2D eigenvalue weighted by molar-refractivity contribution is 0.129. The molecule has 0 atom stereocenters. The number of hydrogen-bond acceptors (Lipinski definition) is 4. The monoisotopic (exact) mass is 495 g/mol. The molecule has 3 rings (SSSR count). The molecule has 1 aliphatic heterocycles. The van der Waals surface area contributed by atoms with Gasteiger partial charge in [0.1, 0.15) is 17.7 Å². The van der Waals surface area contributed by atoms with Gasteiger partial charge in [-0.1, -0.05) is 24.3 Å². The maximum atomic E-state index is 6.08. The largest absolute Gasteiger partial charge is 0.490 e. The third-order valence-electron chi connectivity index (χ3n) is 4.68. The van der Waals surface area contributed by atoms with Crippen molar-refractivity contribution in [3.8, 4) is 5.75 Å². The molecule has 2 aromatic rings. The molecule has 1 aromatic heterocycles. The normalized spacial score (nSPS) is 15.0. The first-order chi connectivity index (χ1) is 13.2. The van der Waals surface area contributed by atoms with Crippen LogP contribution in [0.1, 0.15) is 18.5 Å². The summed E-state index contributed by atoms with van der Waals surface area (Å²) in [7, 11) is 5.83. The van der Waals surface area contributed by atoms with Crippen molar-refractivity contribution in [2.45, 2.75) is 25.5 Å². The van der Waals surface area contributed by atoms with Crippen molar-refractivity contribution < 1.29 is 4.74 Å². The van der Waals surface area contributed by atoms with Crippen LogP contribution in [-0.4, -0.2) is 56.2 Å². The standard InChI is InChI=1S/C21H29N5O.HI/c1-22-21(23-16-17-8-7-11-20(24-17)25(2)3)26-14-12-19(13-15-26)27-18-9-5-4-6-10-18;/h4-11,19H,12-16H2,1-3H3,(H,22,23);1H. The average molecular weight is 495 g/mol. The predicted octanol–water partition coefficient (Wildman–Crippen LogP) is 3.38. The molecule has 0 spiro atoms. The fraction of sp³-hybridized carbons (Fsp3) is 0.429. The van der Waals surface area contributed by atoms with Gasteiger partial charge in [0.15, 0.2) is 5.96 Å². The maximum Gasteiger partial charge on any atom is 0.193 e. The van der Waals surface area contributed by atoms with Crippen LogP contribution in [0.3, 0.4) is 0 Å². The first kappa shape index (κ1) is 22.3. The highest BCUT2D eigenvalue weighted by atomic mass is 127. The molecule has 1 aliphatic rings. The Morgan fingerprint density at radius 3 is 2.50 bits per heavy atom. The first-order valence-electron chi connectivity index (χ1n) is 9.46. The van der Waals surface area contributed by atoms with Gasteiger partial charge in [-0.05, 0) is 24.3 Å². The van der Waals surface area contributed by atoms with E-state index < -0.39 is 0 Å². The lowest BCUT2D eigenvalue weighted by Gasteiger charge is -2.34. The van der Waals surface area contributed by atoms with Crippen LogP contribution in [0.4, 0.5) is 5.82 Å². The molecule has 0 bridgehead atoms. The minimum atomic E-state index is 0. The van der Waals surface area contributed by atoms with Crippen LogP contribution in [0.15, 0.2) is 53.5 Å². The number of rotatable bonds is 5. The Hall–Kier alpha value is -2.03. The number of para-hydroxylation sites is 1. The van der Waals surface area contributed by atoms with Gasteiger partial charge < -0.3 is 19.9 Å². The molecule has 152 valence electrons. The molecule has 6 nitrogen and oxygen atoms in total. The second kappa shape index (κ2) is 11.1. The van der Waals surface area contributed by atoms with E-state index in [-0.39, 0.29) is 30.1 Å². The number of pyridine rings is 1. The van der Waals surface area contributed by atoms with E-state index in [0.717, 1.165) is 49.2 Å². The first-order valence-corrected chi connectivity index (χ1v) is 9.46. The number of guanidine groups is 1. The van der Waals surface area contributed by atoms with Crippen LogP contribution < -0.4 is 15.0 Å².